The summed E-state index contributed by atoms with van der Waals surface area (Å²) in [7, 11) is -3.42. The average Bonchev–Trinajstić information content (AvgIpc) is 2.55. The van der Waals surface area contributed by atoms with E-state index in [0.29, 0.717) is 18.1 Å². The van der Waals surface area contributed by atoms with Gasteiger partial charge in [0.05, 0.1) is 10.6 Å². The molecule has 1 saturated heterocycles. The largest absolute Gasteiger partial charge is 0.337 e. The predicted octanol–water partition coefficient (Wildman–Crippen LogP) is 1.46. The number of nitrogens with zero attached hydrogens (tertiary/aromatic N) is 2. The van der Waals surface area contributed by atoms with Gasteiger partial charge in [0.2, 0.25) is 0 Å². The monoisotopic (exact) mass is 359 g/mol. The van der Waals surface area contributed by atoms with Gasteiger partial charge in [-0.1, -0.05) is 18.5 Å². The number of halogens is 1. The zero-order valence-electron chi connectivity index (χ0n) is 13.2. The van der Waals surface area contributed by atoms with Crippen molar-refractivity contribution >= 4 is 27.5 Å². The van der Waals surface area contributed by atoms with E-state index in [9.17, 15) is 13.2 Å². The molecule has 2 rings (SSSR count). The third-order valence-electron chi connectivity index (χ3n) is 3.93. The molecule has 1 aromatic carbocycles. The first-order chi connectivity index (χ1) is 10.9. The van der Waals surface area contributed by atoms with E-state index < -0.39 is 9.84 Å². The van der Waals surface area contributed by atoms with Gasteiger partial charge in [-0.25, -0.2) is 13.2 Å². The van der Waals surface area contributed by atoms with Gasteiger partial charge in [-0.15, -0.1) is 0 Å². The summed E-state index contributed by atoms with van der Waals surface area (Å²) < 4.78 is 24.3. The van der Waals surface area contributed by atoms with E-state index in [1.54, 1.807) is 17.0 Å². The molecule has 1 N–H and O–H groups in total. The van der Waals surface area contributed by atoms with Crippen LogP contribution in [0.2, 0.25) is 5.02 Å². The van der Waals surface area contributed by atoms with Crippen LogP contribution in [0.1, 0.15) is 6.92 Å². The Balaban J connectivity index is 1.80. The van der Waals surface area contributed by atoms with Crippen LogP contribution in [0.25, 0.3) is 0 Å². The van der Waals surface area contributed by atoms with Crippen LogP contribution in [-0.4, -0.2) is 69.3 Å². The number of hydrogen-bond acceptors (Lipinski definition) is 4. The first-order valence-corrected chi connectivity index (χ1v) is 9.69. The van der Waals surface area contributed by atoms with E-state index >= 15 is 0 Å². The van der Waals surface area contributed by atoms with Gasteiger partial charge in [0, 0.05) is 37.7 Å². The van der Waals surface area contributed by atoms with Crippen LogP contribution in [0.3, 0.4) is 0 Å². The van der Waals surface area contributed by atoms with Crippen molar-refractivity contribution in [1.82, 2.24) is 15.1 Å². The average molecular weight is 360 g/mol. The Kier molecular flexibility index (Phi) is 6.26. The lowest BCUT2D eigenvalue weighted by Crippen LogP contribution is -2.52. The SMILES string of the molecule is CCN1CCN(C(=O)NCCS(=O)(=O)c2ccc(Cl)cc2)CC1. The lowest BCUT2D eigenvalue weighted by Gasteiger charge is -2.33. The maximum Gasteiger partial charge on any atom is 0.317 e. The van der Waals surface area contributed by atoms with Gasteiger partial charge in [0.25, 0.3) is 0 Å². The summed E-state index contributed by atoms with van der Waals surface area (Å²) in [5, 5.41) is 3.18. The van der Waals surface area contributed by atoms with E-state index in [0.717, 1.165) is 19.6 Å². The summed E-state index contributed by atoms with van der Waals surface area (Å²) in [5.41, 5.74) is 0. The normalized spacial score (nSPS) is 16.3. The molecule has 6 nitrogen and oxygen atoms in total. The second-order valence-electron chi connectivity index (χ2n) is 5.43. The van der Waals surface area contributed by atoms with E-state index in [2.05, 4.69) is 17.1 Å². The molecule has 1 fully saturated rings. The minimum atomic E-state index is -3.42. The lowest BCUT2D eigenvalue weighted by molar-refractivity contribution is 0.143. The molecule has 1 aromatic rings. The Morgan fingerprint density at radius 3 is 2.35 bits per heavy atom. The number of rotatable bonds is 5. The first-order valence-electron chi connectivity index (χ1n) is 7.66. The number of likely N-dealkylation sites (N-methyl/N-ethyl adjacent to an activating group) is 1. The van der Waals surface area contributed by atoms with Crippen molar-refractivity contribution in [3.63, 3.8) is 0 Å². The number of amides is 2. The Morgan fingerprint density at radius 1 is 1.17 bits per heavy atom. The molecule has 0 saturated carbocycles. The number of urea groups is 1. The molecule has 0 unspecified atom stereocenters. The molecule has 23 heavy (non-hydrogen) atoms. The molecule has 2 amide bonds. The molecule has 1 aliphatic heterocycles. The highest BCUT2D eigenvalue weighted by Crippen LogP contribution is 2.15. The second-order valence-corrected chi connectivity index (χ2v) is 7.97. The van der Waals surface area contributed by atoms with Crippen LogP contribution in [0, 0.1) is 0 Å². The van der Waals surface area contributed by atoms with E-state index in [4.69, 9.17) is 11.6 Å². The Hall–Kier alpha value is -1.31. The quantitative estimate of drug-likeness (QED) is 0.864. The van der Waals surface area contributed by atoms with Gasteiger partial charge in [0.1, 0.15) is 0 Å². The highest BCUT2D eigenvalue weighted by atomic mass is 35.5. The number of carbonyl (C=O) groups is 1. The first kappa shape index (κ1) is 18.0. The van der Waals surface area contributed by atoms with Crippen molar-refractivity contribution in [2.24, 2.45) is 0 Å². The van der Waals surface area contributed by atoms with Crippen LogP contribution in [0.5, 0.6) is 0 Å². The topological polar surface area (TPSA) is 69.7 Å². The summed E-state index contributed by atoms with van der Waals surface area (Å²) in [6, 6.07) is 5.83. The molecule has 0 aromatic heterocycles. The zero-order valence-corrected chi connectivity index (χ0v) is 14.7. The molecule has 8 heteroatoms. The van der Waals surface area contributed by atoms with Gasteiger partial charge >= 0.3 is 6.03 Å². The van der Waals surface area contributed by atoms with Crippen LogP contribution >= 0.6 is 11.6 Å². The molecule has 0 aliphatic carbocycles. The predicted molar refractivity (Wildman–Crippen MR) is 90.6 cm³/mol. The Labute approximate surface area is 142 Å². The Bertz CT molecular complexity index is 626. The van der Waals surface area contributed by atoms with Crippen molar-refractivity contribution in [2.45, 2.75) is 11.8 Å². The lowest BCUT2D eigenvalue weighted by atomic mass is 10.3. The molecule has 128 valence electrons. The van der Waals surface area contributed by atoms with Crippen LogP contribution in [-0.2, 0) is 9.84 Å². The number of piperazine rings is 1. The molecule has 0 spiro atoms. The Morgan fingerprint density at radius 2 is 1.78 bits per heavy atom. The van der Waals surface area contributed by atoms with Crippen molar-refractivity contribution in [1.29, 1.82) is 0 Å². The third kappa shape index (κ3) is 5.09. The highest BCUT2D eigenvalue weighted by Gasteiger charge is 2.20. The van der Waals surface area contributed by atoms with Crippen molar-refractivity contribution in [3.05, 3.63) is 29.3 Å². The van der Waals surface area contributed by atoms with Crippen molar-refractivity contribution in [2.75, 3.05) is 45.0 Å². The number of sulfone groups is 1. The minimum absolute atomic E-state index is 0.0950. The van der Waals surface area contributed by atoms with Gasteiger partial charge in [-0.3, -0.25) is 0 Å². The molecule has 0 bridgehead atoms. The van der Waals surface area contributed by atoms with Gasteiger partial charge < -0.3 is 15.1 Å². The van der Waals surface area contributed by atoms with Gasteiger partial charge in [0.15, 0.2) is 9.84 Å². The van der Waals surface area contributed by atoms with Crippen LogP contribution in [0.15, 0.2) is 29.2 Å². The number of benzene rings is 1. The van der Waals surface area contributed by atoms with E-state index in [1.807, 2.05) is 0 Å². The number of hydrogen-bond donors (Lipinski definition) is 1. The summed E-state index contributed by atoms with van der Waals surface area (Å²) in [4.78, 5) is 16.3. The third-order valence-corrected chi connectivity index (χ3v) is 5.91. The van der Waals surface area contributed by atoms with Crippen LogP contribution < -0.4 is 5.32 Å². The summed E-state index contributed by atoms with van der Waals surface area (Å²) >= 11 is 5.75. The van der Waals surface area contributed by atoms with Crippen molar-refractivity contribution < 1.29 is 13.2 Å². The van der Waals surface area contributed by atoms with Gasteiger partial charge in [-0.05, 0) is 30.8 Å². The fourth-order valence-corrected chi connectivity index (χ4v) is 3.71. The van der Waals surface area contributed by atoms with Crippen LogP contribution in [0.4, 0.5) is 4.79 Å². The van der Waals surface area contributed by atoms with Crippen molar-refractivity contribution in [3.8, 4) is 0 Å². The molecule has 1 aliphatic rings. The molecule has 0 atom stereocenters. The number of carbonyl (C=O) groups excluding carboxylic acids is 1. The zero-order chi connectivity index (χ0) is 16.9. The maximum atomic E-state index is 12.2. The summed E-state index contributed by atoms with van der Waals surface area (Å²) in [6.07, 6.45) is 0. The summed E-state index contributed by atoms with van der Waals surface area (Å²) in [5.74, 6) is -0.130. The fourth-order valence-electron chi connectivity index (χ4n) is 2.43. The molecule has 1 heterocycles. The highest BCUT2D eigenvalue weighted by molar-refractivity contribution is 7.91. The smallest absolute Gasteiger partial charge is 0.317 e. The molecular formula is C15H22ClN3O3S. The number of nitrogens with one attached hydrogen (secondary N) is 1. The molecule has 0 radical (unpaired) electrons. The van der Waals surface area contributed by atoms with E-state index in [-0.39, 0.29) is 23.2 Å². The standard InChI is InChI=1S/C15H22ClN3O3S/c1-2-18-8-10-19(11-9-18)15(20)17-7-12-23(21,22)14-5-3-13(16)4-6-14/h3-6H,2,7-12H2,1H3,(H,17,20). The summed E-state index contributed by atoms with van der Waals surface area (Å²) in [6.45, 7) is 6.22. The minimum Gasteiger partial charge on any atom is -0.337 e. The maximum absolute atomic E-state index is 12.2. The molecular weight excluding hydrogens is 338 g/mol. The second kappa shape index (κ2) is 7.99. The van der Waals surface area contributed by atoms with Gasteiger partial charge in [-0.2, -0.15) is 0 Å². The fraction of sp³-hybridized carbons (Fsp3) is 0.533. The van der Waals surface area contributed by atoms with E-state index in [1.165, 1.54) is 12.1 Å².